The Morgan fingerprint density at radius 1 is 1.24 bits per heavy atom. The van der Waals surface area contributed by atoms with E-state index in [0.717, 1.165) is 56.2 Å². The van der Waals surface area contributed by atoms with Gasteiger partial charge in [0.1, 0.15) is 5.75 Å². The Labute approximate surface area is 249 Å². The Balaban J connectivity index is 1.46. The van der Waals surface area contributed by atoms with Crippen LogP contribution < -0.4 is 20.3 Å². The number of rotatable bonds is 11. The van der Waals surface area contributed by atoms with Crippen LogP contribution in [0.5, 0.6) is 5.75 Å². The van der Waals surface area contributed by atoms with Gasteiger partial charge in [-0.3, -0.25) is 9.69 Å². The molecule has 1 saturated heterocycles. The summed E-state index contributed by atoms with van der Waals surface area (Å²) in [5, 5.41) is 11.0. The monoisotopic (exact) mass is 588 g/mol. The van der Waals surface area contributed by atoms with Crippen LogP contribution in [0, 0.1) is 0 Å². The molecule has 4 aromatic rings. The topological polar surface area (TPSA) is 109 Å². The highest BCUT2D eigenvalue weighted by Gasteiger charge is 2.19. The van der Waals surface area contributed by atoms with Gasteiger partial charge in [-0.25, -0.2) is 14.5 Å². The van der Waals surface area contributed by atoms with Crippen molar-refractivity contribution in [1.82, 2.24) is 24.5 Å². The van der Waals surface area contributed by atoms with Crippen molar-refractivity contribution < 1.29 is 14.3 Å². The van der Waals surface area contributed by atoms with Crippen LogP contribution in [-0.2, 0) is 9.53 Å². The van der Waals surface area contributed by atoms with Crippen LogP contribution in [0.2, 0.25) is 5.02 Å². The van der Waals surface area contributed by atoms with E-state index in [-0.39, 0.29) is 5.91 Å². The van der Waals surface area contributed by atoms with Gasteiger partial charge >= 0.3 is 0 Å². The molecule has 1 amide bonds. The summed E-state index contributed by atoms with van der Waals surface area (Å²) < 4.78 is 13.0. The SMILES string of the molecule is C=C/C=C/C(=O)Nc1cc(Nc2ncc(Cl)c(-c3cnn4ccccc34)n2)c(OC)cc1N(C)CCN1CCOCC1. The predicted molar refractivity (Wildman–Crippen MR) is 166 cm³/mol. The Morgan fingerprint density at radius 2 is 2.07 bits per heavy atom. The molecule has 0 atom stereocenters. The first kappa shape index (κ1) is 29.1. The van der Waals surface area contributed by atoms with Crippen molar-refractivity contribution in [3.05, 3.63) is 78.8 Å². The molecule has 2 N–H and O–H groups in total. The zero-order chi connectivity index (χ0) is 29.5. The number of allylic oxidation sites excluding steroid dienone is 2. The molecular formula is C30H33ClN8O3. The molecule has 0 saturated carbocycles. The molecule has 1 fully saturated rings. The highest BCUT2D eigenvalue weighted by Crippen LogP contribution is 2.38. The van der Waals surface area contributed by atoms with Gasteiger partial charge in [-0.15, -0.1) is 0 Å². The Kier molecular flexibility index (Phi) is 9.32. The number of pyridine rings is 1. The molecule has 0 radical (unpaired) electrons. The lowest BCUT2D eigenvalue weighted by Crippen LogP contribution is -2.40. The highest BCUT2D eigenvalue weighted by molar-refractivity contribution is 6.33. The summed E-state index contributed by atoms with van der Waals surface area (Å²) in [6, 6.07) is 9.47. The van der Waals surface area contributed by atoms with Gasteiger partial charge in [-0.1, -0.05) is 36.4 Å². The minimum absolute atomic E-state index is 0.285. The normalized spacial score (nSPS) is 13.8. The quantitative estimate of drug-likeness (QED) is 0.191. The lowest BCUT2D eigenvalue weighted by molar-refractivity contribution is -0.111. The first-order valence-corrected chi connectivity index (χ1v) is 13.9. The second-order valence-electron chi connectivity index (χ2n) is 9.63. The molecule has 0 unspecified atom stereocenters. The molecule has 0 bridgehead atoms. The number of nitrogens with zero attached hydrogens (tertiary/aromatic N) is 6. The van der Waals surface area contributed by atoms with Crippen molar-refractivity contribution in [1.29, 1.82) is 0 Å². The number of aromatic nitrogens is 4. The summed E-state index contributed by atoms with van der Waals surface area (Å²) in [5.74, 6) is 0.575. The summed E-state index contributed by atoms with van der Waals surface area (Å²) in [6.45, 7) is 8.51. The number of benzene rings is 1. The van der Waals surface area contributed by atoms with Gasteiger partial charge in [0.2, 0.25) is 11.9 Å². The number of nitrogens with one attached hydrogen (secondary N) is 2. The lowest BCUT2D eigenvalue weighted by atomic mass is 10.2. The number of carbonyl (C=O) groups excluding carboxylic acids is 1. The molecule has 4 heterocycles. The van der Waals surface area contributed by atoms with Crippen LogP contribution in [-0.4, -0.2) is 83.9 Å². The van der Waals surface area contributed by atoms with Gasteiger partial charge in [0.05, 0.1) is 66.0 Å². The van der Waals surface area contributed by atoms with E-state index in [2.05, 4.69) is 37.1 Å². The smallest absolute Gasteiger partial charge is 0.248 e. The number of fused-ring (bicyclic) bond motifs is 1. The zero-order valence-corrected chi connectivity index (χ0v) is 24.3. The third-order valence-electron chi connectivity index (χ3n) is 6.90. The largest absolute Gasteiger partial charge is 0.494 e. The lowest BCUT2D eigenvalue weighted by Gasteiger charge is -2.30. The van der Waals surface area contributed by atoms with Crippen LogP contribution in [0.4, 0.5) is 23.0 Å². The van der Waals surface area contributed by atoms with Gasteiger partial charge in [0.25, 0.3) is 0 Å². The van der Waals surface area contributed by atoms with Crippen LogP contribution >= 0.6 is 11.6 Å². The summed E-state index contributed by atoms with van der Waals surface area (Å²) in [6.07, 6.45) is 9.68. The minimum Gasteiger partial charge on any atom is -0.494 e. The number of amides is 1. The second-order valence-corrected chi connectivity index (χ2v) is 10.0. The maximum absolute atomic E-state index is 12.7. The van der Waals surface area contributed by atoms with Gasteiger partial charge in [-0.05, 0) is 18.2 Å². The van der Waals surface area contributed by atoms with E-state index < -0.39 is 0 Å². The van der Waals surface area contributed by atoms with E-state index in [9.17, 15) is 4.79 Å². The summed E-state index contributed by atoms with van der Waals surface area (Å²) in [4.78, 5) is 26.3. The molecule has 12 heteroatoms. The molecule has 0 aliphatic carbocycles. The van der Waals surface area contributed by atoms with Crippen LogP contribution in [0.1, 0.15) is 0 Å². The maximum atomic E-state index is 12.7. The first-order valence-electron chi connectivity index (χ1n) is 13.5. The summed E-state index contributed by atoms with van der Waals surface area (Å²) in [7, 11) is 3.58. The van der Waals surface area contributed by atoms with E-state index >= 15 is 0 Å². The summed E-state index contributed by atoms with van der Waals surface area (Å²) in [5.41, 5.74) is 4.14. The fourth-order valence-corrected chi connectivity index (χ4v) is 4.86. The van der Waals surface area contributed by atoms with Crippen LogP contribution in [0.15, 0.2) is 73.7 Å². The number of methoxy groups -OCH3 is 1. The number of anilines is 4. The number of ether oxygens (including phenoxy) is 2. The van der Waals surface area contributed by atoms with E-state index in [4.69, 9.17) is 26.1 Å². The highest BCUT2D eigenvalue weighted by atomic mass is 35.5. The number of hydrogen-bond acceptors (Lipinski definition) is 9. The Hall–Kier alpha value is -4.45. The van der Waals surface area contributed by atoms with Gasteiger partial charge in [0.15, 0.2) is 0 Å². The molecule has 0 spiro atoms. The van der Waals surface area contributed by atoms with E-state index in [0.29, 0.717) is 33.8 Å². The average molecular weight is 589 g/mol. The van der Waals surface area contributed by atoms with Crippen molar-refractivity contribution >= 4 is 46.0 Å². The van der Waals surface area contributed by atoms with Crippen molar-refractivity contribution in [3.8, 4) is 17.0 Å². The minimum atomic E-state index is -0.285. The van der Waals surface area contributed by atoms with Crippen LogP contribution in [0.25, 0.3) is 16.8 Å². The molecule has 1 aliphatic heterocycles. The second kappa shape index (κ2) is 13.5. The van der Waals surface area contributed by atoms with Gasteiger partial charge in [0, 0.05) is 57.1 Å². The number of carbonyl (C=O) groups is 1. The van der Waals surface area contributed by atoms with Crippen molar-refractivity contribution in [2.45, 2.75) is 0 Å². The molecule has 218 valence electrons. The fourth-order valence-electron chi connectivity index (χ4n) is 4.67. The molecule has 11 nitrogen and oxygen atoms in total. The van der Waals surface area contributed by atoms with Crippen LogP contribution in [0.3, 0.4) is 0 Å². The van der Waals surface area contributed by atoms with E-state index in [1.54, 1.807) is 36.2 Å². The fraction of sp³-hybridized carbons (Fsp3) is 0.267. The Bertz CT molecular complexity index is 1600. The standard InChI is InChI=1S/C30H33ClN8O3/c1-4-5-9-28(40)34-23-17-24(27(41-3)18-26(23)37(2)11-12-38-13-15-42-16-14-38)35-30-32-20-22(31)29(36-30)21-19-33-39-10-7-6-8-25(21)39/h4-10,17-20H,1,11-16H2,2-3H3,(H,34,40)(H,32,35,36)/b9-5+. The predicted octanol–water partition coefficient (Wildman–Crippen LogP) is 4.65. The van der Waals surface area contributed by atoms with E-state index in [1.165, 1.54) is 6.08 Å². The maximum Gasteiger partial charge on any atom is 0.248 e. The average Bonchev–Trinajstić information content (AvgIpc) is 3.44. The van der Waals surface area contributed by atoms with Gasteiger partial charge < -0.3 is 25.0 Å². The van der Waals surface area contributed by atoms with Crippen molar-refractivity contribution in [2.24, 2.45) is 0 Å². The van der Waals surface area contributed by atoms with Gasteiger partial charge in [-0.2, -0.15) is 5.10 Å². The van der Waals surface area contributed by atoms with E-state index in [1.807, 2.05) is 43.6 Å². The molecule has 5 rings (SSSR count). The molecule has 42 heavy (non-hydrogen) atoms. The number of halogens is 1. The first-order chi connectivity index (χ1) is 20.5. The number of hydrogen-bond donors (Lipinski definition) is 2. The molecular weight excluding hydrogens is 556 g/mol. The van der Waals surface area contributed by atoms with Crippen molar-refractivity contribution in [2.75, 3.05) is 69.1 Å². The molecule has 1 aromatic carbocycles. The summed E-state index contributed by atoms with van der Waals surface area (Å²) >= 11 is 6.52. The third kappa shape index (κ3) is 6.71. The molecule has 1 aliphatic rings. The zero-order valence-electron chi connectivity index (χ0n) is 23.6. The van der Waals surface area contributed by atoms with Crippen molar-refractivity contribution in [3.63, 3.8) is 0 Å². The number of morpholine rings is 1. The Morgan fingerprint density at radius 3 is 2.86 bits per heavy atom. The molecule has 3 aromatic heterocycles. The third-order valence-corrected chi connectivity index (χ3v) is 7.17. The number of likely N-dealkylation sites (N-methyl/N-ethyl adjacent to an activating group) is 1.